The second-order valence-corrected chi connectivity index (χ2v) is 9.27. The van der Waals surface area contributed by atoms with E-state index in [9.17, 15) is 9.59 Å². The molecule has 0 aliphatic carbocycles. The minimum absolute atomic E-state index is 0.0469. The summed E-state index contributed by atoms with van der Waals surface area (Å²) >= 11 is 0. The second kappa shape index (κ2) is 8.46. The van der Waals surface area contributed by atoms with Gasteiger partial charge in [0.1, 0.15) is 6.04 Å². The molecule has 4 aromatic rings. The number of carbonyl (C=O) groups excluding carboxylic acids is 2. The number of amides is 2. The molecule has 0 saturated heterocycles. The van der Waals surface area contributed by atoms with Crippen LogP contribution in [0.4, 0.5) is 0 Å². The number of hydrogen-bond donors (Lipinski definition) is 2. The first-order chi connectivity index (χ1) is 15.2. The van der Waals surface area contributed by atoms with E-state index >= 15 is 0 Å². The molecule has 1 atom stereocenters. The molecule has 0 aromatic heterocycles. The van der Waals surface area contributed by atoms with Crippen LogP contribution < -0.4 is 11.1 Å². The van der Waals surface area contributed by atoms with Gasteiger partial charge in [-0.15, -0.1) is 0 Å². The second-order valence-electron chi connectivity index (χ2n) is 9.27. The van der Waals surface area contributed by atoms with Crippen LogP contribution in [-0.2, 0) is 16.6 Å². The molecule has 4 rings (SSSR count). The van der Waals surface area contributed by atoms with Crippen LogP contribution in [0.25, 0.3) is 21.5 Å². The molecule has 162 valence electrons. The molecule has 0 unspecified atom stereocenters. The highest BCUT2D eigenvalue weighted by molar-refractivity contribution is 6.18. The van der Waals surface area contributed by atoms with Crippen LogP contribution in [0.3, 0.4) is 0 Å². The Morgan fingerprint density at radius 1 is 0.844 bits per heavy atom. The molecule has 0 aliphatic rings. The average molecular weight is 425 g/mol. The number of nitrogens with one attached hydrogen (secondary N) is 1. The van der Waals surface area contributed by atoms with E-state index < -0.39 is 11.9 Å². The Balaban J connectivity index is 1.66. The van der Waals surface area contributed by atoms with Gasteiger partial charge in [-0.25, -0.2) is 0 Å². The van der Waals surface area contributed by atoms with Gasteiger partial charge in [0.25, 0.3) is 5.91 Å². The molecule has 0 aliphatic heterocycles. The summed E-state index contributed by atoms with van der Waals surface area (Å²) < 4.78 is 0. The number of primary amides is 1. The Labute approximate surface area is 188 Å². The van der Waals surface area contributed by atoms with Gasteiger partial charge in [-0.05, 0) is 44.2 Å². The van der Waals surface area contributed by atoms with Gasteiger partial charge in [-0.1, -0.05) is 93.6 Å². The fourth-order valence-corrected chi connectivity index (χ4v) is 4.09. The maximum absolute atomic E-state index is 13.4. The molecule has 0 heterocycles. The maximum atomic E-state index is 13.4. The topological polar surface area (TPSA) is 72.2 Å². The van der Waals surface area contributed by atoms with Crippen molar-refractivity contribution in [2.75, 3.05) is 0 Å². The number of carbonyl (C=O) groups is 2. The number of rotatable bonds is 5. The normalized spacial score (nSPS) is 12.6. The number of benzene rings is 4. The van der Waals surface area contributed by atoms with E-state index in [1.165, 1.54) is 5.56 Å². The molecule has 32 heavy (non-hydrogen) atoms. The summed E-state index contributed by atoms with van der Waals surface area (Å²) in [5.74, 6) is -0.851. The zero-order chi connectivity index (χ0) is 22.9. The van der Waals surface area contributed by atoms with Crippen molar-refractivity contribution in [2.24, 2.45) is 5.73 Å². The van der Waals surface area contributed by atoms with Crippen molar-refractivity contribution in [2.45, 2.75) is 38.6 Å². The quantitative estimate of drug-likeness (QED) is 0.437. The van der Waals surface area contributed by atoms with Gasteiger partial charge in [0, 0.05) is 6.42 Å². The molecule has 0 bridgehead atoms. The van der Waals surface area contributed by atoms with E-state index in [4.69, 9.17) is 5.73 Å². The predicted molar refractivity (Wildman–Crippen MR) is 131 cm³/mol. The van der Waals surface area contributed by atoms with Crippen molar-refractivity contribution in [3.05, 3.63) is 95.6 Å². The number of nitrogens with two attached hydrogens (primary N) is 1. The molecule has 0 spiro atoms. The SMILES string of the molecule is CC(C)(C)c1ccc(C[C@H](NC(=O)c2c3ccccc3cc3ccccc23)C(N)=O)cc1. The predicted octanol–water partition coefficient (Wildman–Crippen LogP) is 5.12. The van der Waals surface area contributed by atoms with Crippen LogP contribution in [0.2, 0.25) is 0 Å². The molecule has 2 amide bonds. The molecule has 0 saturated carbocycles. The summed E-state index contributed by atoms with van der Waals surface area (Å²) in [5, 5.41) is 6.55. The van der Waals surface area contributed by atoms with E-state index in [1.807, 2.05) is 60.7 Å². The van der Waals surface area contributed by atoms with Crippen LogP contribution in [0, 0.1) is 0 Å². The fraction of sp³-hybridized carbons (Fsp3) is 0.214. The molecular weight excluding hydrogens is 396 g/mol. The lowest BCUT2D eigenvalue weighted by Crippen LogP contribution is -2.46. The highest BCUT2D eigenvalue weighted by atomic mass is 16.2. The van der Waals surface area contributed by atoms with Gasteiger partial charge in [0.05, 0.1) is 5.56 Å². The largest absolute Gasteiger partial charge is 0.368 e. The van der Waals surface area contributed by atoms with E-state index in [-0.39, 0.29) is 11.3 Å². The molecule has 4 nitrogen and oxygen atoms in total. The molecular formula is C28H28N2O2. The van der Waals surface area contributed by atoms with E-state index in [2.05, 4.69) is 44.3 Å². The van der Waals surface area contributed by atoms with Crippen molar-refractivity contribution in [3.63, 3.8) is 0 Å². The first kappa shape index (κ1) is 21.6. The van der Waals surface area contributed by atoms with Crippen LogP contribution in [-0.4, -0.2) is 17.9 Å². The Kier molecular flexibility index (Phi) is 5.70. The van der Waals surface area contributed by atoms with Gasteiger partial charge in [-0.2, -0.15) is 0 Å². The maximum Gasteiger partial charge on any atom is 0.253 e. The molecule has 0 radical (unpaired) electrons. The first-order valence-electron chi connectivity index (χ1n) is 10.8. The van der Waals surface area contributed by atoms with E-state index in [0.717, 1.165) is 27.1 Å². The number of fused-ring (bicyclic) bond motifs is 2. The van der Waals surface area contributed by atoms with Gasteiger partial charge in [0.15, 0.2) is 0 Å². The average Bonchev–Trinajstić information content (AvgIpc) is 2.76. The van der Waals surface area contributed by atoms with Crippen molar-refractivity contribution in [3.8, 4) is 0 Å². The molecule has 4 heteroatoms. The summed E-state index contributed by atoms with van der Waals surface area (Å²) in [6.07, 6.45) is 0.341. The van der Waals surface area contributed by atoms with Crippen molar-refractivity contribution in [1.82, 2.24) is 5.32 Å². The van der Waals surface area contributed by atoms with Crippen LogP contribution in [0.15, 0.2) is 78.9 Å². The summed E-state index contributed by atoms with van der Waals surface area (Å²) in [6, 6.07) is 25.0. The summed E-state index contributed by atoms with van der Waals surface area (Å²) in [5.41, 5.74) is 8.45. The zero-order valence-corrected chi connectivity index (χ0v) is 18.7. The monoisotopic (exact) mass is 424 g/mol. The Morgan fingerprint density at radius 2 is 1.38 bits per heavy atom. The van der Waals surface area contributed by atoms with Crippen LogP contribution in [0.1, 0.15) is 42.3 Å². The van der Waals surface area contributed by atoms with Crippen molar-refractivity contribution >= 4 is 33.4 Å². The van der Waals surface area contributed by atoms with Crippen LogP contribution >= 0.6 is 0 Å². The third-order valence-corrected chi connectivity index (χ3v) is 5.91. The Hall–Kier alpha value is -3.66. The summed E-state index contributed by atoms with van der Waals surface area (Å²) in [6.45, 7) is 6.47. The zero-order valence-electron chi connectivity index (χ0n) is 18.7. The van der Waals surface area contributed by atoms with Crippen molar-refractivity contribution in [1.29, 1.82) is 0 Å². The minimum Gasteiger partial charge on any atom is -0.368 e. The highest BCUT2D eigenvalue weighted by Crippen LogP contribution is 2.28. The molecule has 0 fully saturated rings. The number of hydrogen-bond acceptors (Lipinski definition) is 2. The standard InChI is InChI=1S/C28H28N2O2/c1-28(2,3)21-14-12-18(13-15-21)16-24(26(29)31)30-27(32)25-22-10-6-4-8-19(22)17-20-9-5-7-11-23(20)25/h4-15,17,24H,16H2,1-3H3,(H2,29,31)(H,30,32)/t24-/m0/s1. The van der Waals surface area contributed by atoms with Gasteiger partial charge >= 0.3 is 0 Å². The molecule has 3 N–H and O–H groups in total. The minimum atomic E-state index is -0.805. The third kappa shape index (κ3) is 4.35. The van der Waals surface area contributed by atoms with Crippen molar-refractivity contribution < 1.29 is 9.59 Å². The third-order valence-electron chi connectivity index (χ3n) is 5.91. The first-order valence-corrected chi connectivity index (χ1v) is 10.8. The van der Waals surface area contributed by atoms with E-state index in [0.29, 0.717) is 12.0 Å². The Morgan fingerprint density at radius 3 is 1.88 bits per heavy atom. The highest BCUT2D eigenvalue weighted by Gasteiger charge is 2.23. The van der Waals surface area contributed by atoms with Gasteiger partial charge in [0.2, 0.25) is 5.91 Å². The fourth-order valence-electron chi connectivity index (χ4n) is 4.09. The Bertz CT molecular complexity index is 1250. The molecule has 4 aromatic carbocycles. The van der Waals surface area contributed by atoms with Gasteiger partial charge < -0.3 is 11.1 Å². The van der Waals surface area contributed by atoms with E-state index in [1.54, 1.807) is 0 Å². The summed E-state index contributed by atoms with van der Waals surface area (Å²) in [4.78, 5) is 25.7. The lowest BCUT2D eigenvalue weighted by molar-refractivity contribution is -0.119. The lowest BCUT2D eigenvalue weighted by atomic mass is 9.86. The smallest absolute Gasteiger partial charge is 0.253 e. The van der Waals surface area contributed by atoms with Gasteiger partial charge in [-0.3, -0.25) is 9.59 Å². The summed E-state index contributed by atoms with van der Waals surface area (Å²) in [7, 11) is 0. The van der Waals surface area contributed by atoms with Crippen LogP contribution in [0.5, 0.6) is 0 Å². The lowest BCUT2D eigenvalue weighted by Gasteiger charge is -2.20.